The molecule has 0 saturated carbocycles. The Bertz CT molecular complexity index is 1680. The topological polar surface area (TPSA) is 0 Å². The summed E-state index contributed by atoms with van der Waals surface area (Å²) in [7, 11) is 0. The van der Waals surface area contributed by atoms with Gasteiger partial charge in [-0.3, -0.25) is 0 Å². The third-order valence-electron chi connectivity index (χ3n) is 9.31. The number of hydrogen-bond acceptors (Lipinski definition) is 14. The molecule has 4 aliphatic heterocycles. The quantitative estimate of drug-likeness (QED) is 0.0746. The number of unbranched alkanes of at least 4 members (excludes halogenated alkanes) is 12. The van der Waals surface area contributed by atoms with Crippen LogP contribution in [0.25, 0.3) is 24.3 Å². The van der Waals surface area contributed by atoms with Crippen LogP contribution in [-0.4, -0.2) is 23.0 Å². The minimum Gasteiger partial charge on any atom is -0.136 e. The Labute approximate surface area is 422 Å². The molecule has 2 aromatic rings. The summed E-state index contributed by atoms with van der Waals surface area (Å²) in [6.45, 7) is 9.21. The van der Waals surface area contributed by atoms with E-state index in [2.05, 4.69) is 123 Å². The van der Waals surface area contributed by atoms with Gasteiger partial charge < -0.3 is 0 Å². The summed E-state index contributed by atoms with van der Waals surface area (Å²) in [6.07, 6.45) is 31.1. The molecule has 328 valence electrons. The average molecular weight is 1060 g/mol. The van der Waals surface area contributed by atoms with E-state index in [1.54, 1.807) is 16.9 Å². The first-order valence-corrected chi connectivity index (χ1v) is 33.9. The van der Waals surface area contributed by atoms with E-state index in [-0.39, 0.29) is 0 Å². The van der Waals surface area contributed by atoms with Gasteiger partial charge in [0.2, 0.25) is 0 Å². The Kier molecular flexibility index (Phi) is 25.2. The van der Waals surface area contributed by atoms with Crippen LogP contribution in [0.3, 0.4) is 0 Å². The van der Waals surface area contributed by atoms with Crippen molar-refractivity contribution in [3.63, 3.8) is 0 Å². The lowest BCUT2D eigenvalue weighted by Gasteiger charge is -2.05. The first-order chi connectivity index (χ1) is 29.5. The fourth-order valence-corrected chi connectivity index (χ4v) is 26.5. The van der Waals surface area contributed by atoms with Gasteiger partial charge in [-0.15, -0.1) is 69.7 Å². The summed E-state index contributed by atoms with van der Waals surface area (Å²) in [5.74, 6) is 4.99. The second kappa shape index (κ2) is 29.5. The monoisotopic (exact) mass is 1060 g/mol. The van der Waals surface area contributed by atoms with Crippen molar-refractivity contribution in [1.82, 2.24) is 0 Å². The molecule has 0 atom stereocenters. The molecule has 0 nitrogen and oxygen atoms in total. The van der Waals surface area contributed by atoms with Gasteiger partial charge in [-0.1, -0.05) is 199 Å². The van der Waals surface area contributed by atoms with Gasteiger partial charge in [-0.25, -0.2) is 0 Å². The van der Waals surface area contributed by atoms with Crippen LogP contribution in [0.4, 0.5) is 0 Å². The van der Waals surface area contributed by atoms with Crippen LogP contribution >= 0.6 is 164 Å². The van der Waals surface area contributed by atoms with Crippen molar-refractivity contribution in [3.05, 3.63) is 86.1 Å². The van der Waals surface area contributed by atoms with Gasteiger partial charge in [-0.2, -0.15) is 0 Å². The second-order valence-corrected chi connectivity index (χ2v) is 32.2. The molecule has 60 heavy (non-hydrogen) atoms. The molecule has 0 unspecified atom stereocenters. The average Bonchev–Trinajstić information content (AvgIpc) is 4.11. The lowest BCUT2D eigenvalue weighted by Crippen LogP contribution is -1.83. The highest BCUT2D eigenvalue weighted by Crippen LogP contribution is 2.67. The zero-order valence-corrected chi connectivity index (χ0v) is 46.9. The first kappa shape index (κ1) is 51.2. The predicted octanol–water partition coefficient (Wildman–Crippen LogP) is 22.3. The molecule has 0 bridgehead atoms. The van der Waals surface area contributed by atoms with Crippen LogP contribution < -0.4 is 0 Å². The molecule has 6 heterocycles. The molecule has 0 aliphatic carbocycles. The van der Waals surface area contributed by atoms with E-state index in [9.17, 15) is 0 Å². The second-order valence-electron chi connectivity index (χ2n) is 14.5. The van der Waals surface area contributed by atoms with Crippen LogP contribution in [0.2, 0.25) is 0 Å². The fraction of sp³-hybridized carbons (Fsp3) is 0.522. The van der Waals surface area contributed by atoms with Gasteiger partial charge in [0.05, 0.1) is 42.4 Å². The zero-order chi connectivity index (χ0) is 41.8. The van der Waals surface area contributed by atoms with Crippen LogP contribution in [0.15, 0.2) is 66.6 Å². The van der Waals surface area contributed by atoms with Crippen LogP contribution in [0, 0.1) is 0 Å². The molecule has 6 rings (SSSR count). The van der Waals surface area contributed by atoms with E-state index < -0.39 is 0 Å². The SMILES string of the molecule is CCCCCCSC1=C(SCCCCCC)SC(=Cc2ccc(C=C3SC4=C(S3)SC(=Cc3ccc(C=C5SC(SCCCCCC)=C(SCCCCCC)S5)s3)S4)s2)S1. The number of thioether (sulfide) groups is 12. The molecule has 0 fully saturated rings. The van der Waals surface area contributed by atoms with Gasteiger partial charge in [0, 0.05) is 19.5 Å². The highest BCUT2D eigenvalue weighted by molar-refractivity contribution is 8.48. The molecular weight excluding hydrogens is 1000 g/mol. The molecule has 0 spiro atoms. The van der Waals surface area contributed by atoms with Crippen molar-refractivity contribution in [3.8, 4) is 0 Å². The molecule has 2 aromatic heterocycles. The Hall–Kier alpha value is 1.78. The smallest absolute Gasteiger partial charge is 0.0716 e. The number of thiophene rings is 2. The van der Waals surface area contributed by atoms with E-state index in [0.29, 0.717) is 0 Å². The summed E-state index contributed by atoms with van der Waals surface area (Å²) < 4.78 is 14.8. The van der Waals surface area contributed by atoms with Gasteiger partial charge in [0.15, 0.2) is 0 Å². The summed E-state index contributed by atoms with van der Waals surface area (Å²) >= 11 is 28.2. The lowest BCUT2D eigenvalue weighted by molar-refractivity contribution is 0.707. The fourth-order valence-electron chi connectivity index (χ4n) is 6.07. The van der Waals surface area contributed by atoms with Gasteiger partial charge in [0.25, 0.3) is 0 Å². The number of hydrogen-bond donors (Lipinski definition) is 0. The molecule has 0 aromatic carbocycles. The van der Waals surface area contributed by atoms with Crippen molar-refractivity contribution in [2.24, 2.45) is 0 Å². The van der Waals surface area contributed by atoms with Crippen molar-refractivity contribution in [2.75, 3.05) is 23.0 Å². The maximum absolute atomic E-state index is 2.44. The van der Waals surface area contributed by atoms with E-state index >= 15 is 0 Å². The van der Waals surface area contributed by atoms with Crippen molar-refractivity contribution >= 4 is 188 Å². The van der Waals surface area contributed by atoms with Crippen LogP contribution in [-0.2, 0) is 0 Å². The summed E-state index contributed by atoms with van der Waals surface area (Å²) in [4.78, 5) is 5.43. The molecule has 0 radical (unpaired) electrons. The van der Waals surface area contributed by atoms with Crippen molar-refractivity contribution < 1.29 is 0 Å². The highest BCUT2D eigenvalue weighted by atomic mass is 32.3. The lowest BCUT2D eigenvalue weighted by atomic mass is 10.2. The standard InChI is InChI=1S/C46H60S14/c1-5-9-13-17-25-47-41-42(48-26-18-14-10-6-2)54-37(53-41)29-33-21-23-35(51-33)31-39-57-45-46(58-39)60-40(59-45)32-36-24-22-34(52-36)30-38-55-43(49-27-19-15-11-7-3)44(56-38)50-28-20-16-12-8-4/h21-24,29-32H,5-20,25-28H2,1-4H3. The Morgan fingerprint density at radius 2 is 0.583 bits per heavy atom. The molecule has 4 aliphatic rings. The number of rotatable bonds is 28. The van der Waals surface area contributed by atoms with E-state index in [1.165, 1.54) is 171 Å². The molecule has 0 amide bonds. The Morgan fingerprint density at radius 3 is 0.833 bits per heavy atom. The van der Waals surface area contributed by atoms with Gasteiger partial charge >= 0.3 is 0 Å². The predicted molar refractivity (Wildman–Crippen MR) is 309 cm³/mol. The van der Waals surface area contributed by atoms with Gasteiger partial charge in [0.1, 0.15) is 0 Å². The maximum atomic E-state index is 2.44. The van der Waals surface area contributed by atoms with Gasteiger partial charge in [-0.05, 0) is 97.3 Å². The molecular formula is C46H60S14. The van der Waals surface area contributed by atoms with E-state index in [4.69, 9.17) is 0 Å². The maximum Gasteiger partial charge on any atom is 0.0716 e. The Morgan fingerprint density at radius 1 is 0.333 bits per heavy atom. The van der Waals surface area contributed by atoms with E-state index in [1.807, 2.05) is 117 Å². The largest absolute Gasteiger partial charge is 0.136 e. The molecule has 0 saturated heterocycles. The normalized spacial score (nSPS) is 16.7. The third-order valence-corrected chi connectivity index (χ3v) is 27.7. The zero-order valence-electron chi connectivity index (χ0n) is 35.5. The molecule has 0 N–H and O–H groups in total. The Balaban J connectivity index is 0.978. The molecule has 14 heteroatoms. The minimum absolute atomic E-state index is 1.25. The third kappa shape index (κ3) is 17.8. The minimum atomic E-state index is 1.25. The van der Waals surface area contributed by atoms with Crippen LogP contribution in [0.1, 0.15) is 150 Å². The summed E-state index contributed by atoms with van der Waals surface area (Å²) in [5, 5.41) is 0. The summed E-state index contributed by atoms with van der Waals surface area (Å²) in [6, 6.07) is 9.27. The van der Waals surface area contributed by atoms with Crippen LogP contribution in [0.5, 0.6) is 0 Å². The summed E-state index contributed by atoms with van der Waals surface area (Å²) in [5.41, 5.74) is 0. The van der Waals surface area contributed by atoms with Crippen molar-refractivity contribution in [1.29, 1.82) is 0 Å². The van der Waals surface area contributed by atoms with E-state index in [0.717, 1.165) is 0 Å². The first-order valence-electron chi connectivity index (χ1n) is 21.8. The van der Waals surface area contributed by atoms with Crippen molar-refractivity contribution in [2.45, 2.75) is 130 Å². The highest BCUT2D eigenvalue weighted by Gasteiger charge is 2.30.